The van der Waals surface area contributed by atoms with E-state index in [1.54, 1.807) is 4.57 Å². The third-order valence-corrected chi connectivity index (χ3v) is 5.76. The Hall–Kier alpha value is -2.72. The van der Waals surface area contributed by atoms with E-state index in [0.717, 1.165) is 37.1 Å². The summed E-state index contributed by atoms with van der Waals surface area (Å²) in [5, 5.41) is 14.0. The normalized spacial score (nSPS) is 12.8. The topological polar surface area (TPSA) is 112 Å². The Balaban J connectivity index is 1.66. The van der Waals surface area contributed by atoms with Gasteiger partial charge in [0.25, 0.3) is 5.69 Å². The fraction of sp³-hybridized carbons (Fsp3) is 0.421. The molecule has 10 heteroatoms. The first-order valence-electron chi connectivity index (χ1n) is 9.44. The summed E-state index contributed by atoms with van der Waals surface area (Å²) >= 11 is 1.26. The summed E-state index contributed by atoms with van der Waals surface area (Å²) in [7, 11) is 4.10. The Morgan fingerprint density at radius 3 is 2.69 bits per heavy atom. The van der Waals surface area contributed by atoms with Crippen molar-refractivity contribution in [3.63, 3.8) is 0 Å². The summed E-state index contributed by atoms with van der Waals surface area (Å²) in [6, 6.07) is 5.66. The van der Waals surface area contributed by atoms with Crippen LogP contribution in [0, 0.1) is 10.1 Å². The number of nitro benzene ring substituents is 1. The van der Waals surface area contributed by atoms with Gasteiger partial charge in [0.1, 0.15) is 5.03 Å². The number of nitrogens with zero attached hydrogens (tertiary/aromatic N) is 3. The number of nitro groups is 1. The first kappa shape index (κ1) is 21.0. The summed E-state index contributed by atoms with van der Waals surface area (Å²) in [5.41, 5.74) is 2.32. The number of quaternary nitrogens is 1. The number of non-ortho nitro benzene ring substituents is 1. The lowest BCUT2D eigenvalue weighted by atomic mass is 10.2. The van der Waals surface area contributed by atoms with Crippen LogP contribution in [0.25, 0.3) is 0 Å². The van der Waals surface area contributed by atoms with Crippen LogP contribution in [0.5, 0.6) is 0 Å². The number of carbonyl (C=O) groups is 1. The highest BCUT2D eigenvalue weighted by atomic mass is 32.2. The number of hydrogen-bond donors (Lipinski definition) is 2. The van der Waals surface area contributed by atoms with Crippen LogP contribution in [0.15, 0.2) is 34.1 Å². The number of fused-ring (bicyclic) bond motifs is 1. The van der Waals surface area contributed by atoms with E-state index in [2.05, 4.69) is 10.3 Å². The molecule has 0 atom stereocenters. The first-order chi connectivity index (χ1) is 13.8. The van der Waals surface area contributed by atoms with E-state index in [4.69, 9.17) is 0 Å². The van der Waals surface area contributed by atoms with Gasteiger partial charge < -0.3 is 10.2 Å². The van der Waals surface area contributed by atoms with Crippen molar-refractivity contribution in [1.82, 2.24) is 9.55 Å². The Kier molecular flexibility index (Phi) is 6.65. The van der Waals surface area contributed by atoms with E-state index in [0.29, 0.717) is 17.3 Å². The van der Waals surface area contributed by atoms with Crippen LogP contribution in [0.2, 0.25) is 0 Å². The number of carbonyl (C=O) groups excluding carboxylic acids is 1. The van der Waals surface area contributed by atoms with Crippen LogP contribution in [0.1, 0.15) is 17.7 Å². The van der Waals surface area contributed by atoms with Gasteiger partial charge in [-0.05, 0) is 31.4 Å². The second-order valence-corrected chi connectivity index (χ2v) is 8.19. The van der Waals surface area contributed by atoms with Gasteiger partial charge in [-0.2, -0.15) is 4.98 Å². The highest BCUT2D eigenvalue weighted by Crippen LogP contribution is 2.29. The molecule has 1 heterocycles. The zero-order valence-electron chi connectivity index (χ0n) is 16.4. The lowest BCUT2D eigenvalue weighted by molar-refractivity contribution is -0.859. The van der Waals surface area contributed by atoms with E-state index >= 15 is 0 Å². The van der Waals surface area contributed by atoms with Crippen LogP contribution in [-0.4, -0.2) is 46.8 Å². The zero-order chi connectivity index (χ0) is 21.0. The summed E-state index contributed by atoms with van der Waals surface area (Å²) in [6.07, 6.45) is 2.71. The minimum Gasteiger partial charge on any atom is -0.338 e. The SMILES string of the molecule is C[NH+](C)CCn1c2c(c(SCC(=O)Nc3ccc([N+](=O)[O-])cc3)nc1=O)CCC2. The molecule has 0 saturated carbocycles. The van der Waals surface area contributed by atoms with Crippen molar-refractivity contribution < 1.29 is 14.6 Å². The Morgan fingerprint density at radius 2 is 2.03 bits per heavy atom. The van der Waals surface area contributed by atoms with E-state index in [-0.39, 0.29) is 23.0 Å². The van der Waals surface area contributed by atoms with Gasteiger partial charge in [0.15, 0.2) is 0 Å². The molecule has 1 aliphatic rings. The van der Waals surface area contributed by atoms with Crippen LogP contribution in [0.3, 0.4) is 0 Å². The Morgan fingerprint density at radius 1 is 1.31 bits per heavy atom. The fourth-order valence-corrected chi connectivity index (χ4v) is 4.15. The van der Waals surface area contributed by atoms with Gasteiger partial charge in [-0.25, -0.2) is 4.79 Å². The number of benzene rings is 1. The van der Waals surface area contributed by atoms with Gasteiger partial charge >= 0.3 is 5.69 Å². The third kappa shape index (κ3) is 5.21. The molecule has 1 aromatic carbocycles. The molecule has 2 N–H and O–H groups in total. The van der Waals surface area contributed by atoms with Gasteiger partial charge in [0.2, 0.25) is 5.91 Å². The van der Waals surface area contributed by atoms with Crippen LogP contribution >= 0.6 is 11.8 Å². The molecule has 154 valence electrons. The quantitative estimate of drug-likeness (QED) is 0.280. The number of anilines is 1. The summed E-state index contributed by atoms with van der Waals surface area (Å²) in [4.78, 5) is 40.5. The first-order valence-corrected chi connectivity index (χ1v) is 10.4. The van der Waals surface area contributed by atoms with E-state index in [1.165, 1.54) is 40.9 Å². The Labute approximate surface area is 172 Å². The second-order valence-electron chi connectivity index (χ2n) is 7.23. The number of nitrogens with one attached hydrogen (secondary N) is 2. The highest BCUT2D eigenvalue weighted by molar-refractivity contribution is 8.00. The minimum atomic E-state index is -0.490. The number of likely N-dealkylation sites (N-methyl/N-ethyl adjacent to an activating group) is 1. The maximum Gasteiger partial charge on any atom is 0.349 e. The molecule has 0 radical (unpaired) electrons. The molecule has 29 heavy (non-hydrogen) atoms. The molecule has 9 nitrogen and oxygen atoms in total. The molecule has 0 bridgehead atoms. The van der Waals surface area contributed by atoms with Crippen molar-refractivity contribution in [2.75, 3.05) is 31.7 Å². The van der Waals surface area contributed by atoms with Crippen molar-refractivity contribution in [3.05, 3.63) is 56.1 Å². The highest BCUT2D eigenvalue weighted by Gasteiger charge is 2.22. The smallest absolute Gasteiger partial charge is 0.338 e. The number of rotatable bonds is 8. The minimum absolute atomic E-state index is 0.0337. The van der Waals surface area contributed by atoms with Crippen molar-refractivity contribution in [2.45, 2.75) is 30.8 Å². The van der Waals surface area contributed by atoms with Gasteiger partial charge in [-0.1, -0.05) is 11.8 Å². The molecule has 0 fully saturated rings. The summed E-state index contributed by atoms with van der Waals surface area (Å²) in [6.45, 7) is 1.49. The number of aromatic nitrogens is 2. The van der Waals surface area contributed by atoms with E-state index in [9.17, 15) is 19.7 Å². The van der Waals surface area contributed by atoms with Crippen LogP contribution < -0.4 is 15.9 Å². The summed E-state index contributed by atoms with van der Waals surface area (Å²) in [5.74, 6) is -0.139. The third-order valence-electron chi connectivity index (χ3n) is 4.74. The monoisotopic (exact) mass is 418 g/mol. The maximum absolute atomic E-state index is 12.5. The lowest BCUT2D eigenvalue weighted by Crippen LogP contribution is -3.06. The molecule has 1 aliphatic carbocycles. The second kappa shape index (κ2) is 9.19. The van der Waals surface area contributed by atoms with Crippen LogP contribution in [0.4, 0.5) is 11.4 Å². The molecule has 0 spiro atoms. The lowest BCUT2D eigenvalue weighted by Gasteiger charge is -2.15. The molecular formula is C19H24N5O4S+. The van der Waals surface area contributed by atoms with E-state index < -0.39 is 4.92 Å². The average Bonchev–Trinajstić information content (AvgIpc) is 3.15. The molecule has 0 saturated heterocycles. The number of hydrogen-bond acceptors (Lipinski definition) is 6. The largest absolute Gasteiger partial charge is 0.349 e. The van der Waals surface area contributed by atoms with Crippen molar-refractivity contribution in [3.8, 4) is 0 Å². The van der Waals surface area contributed by atoms with Gasteiger partial charge in [-0.15, -0.1) is 0 Å². The molecule has 1 amide bonds. The van der Waals surface area contributed by atoms with Gasteiger partial charge in [-0.3, -0.25) is 19.5 Å². The molecule has 3 rings (SSSR count). The molecule has 0 unspecified atom stereocenters. The molecule has 0 aliphatic heterocycles. The number of amides is 1. The van der Waals surface area contributed by atoms with Crippen molar-refractivity contribution in [2.24, 2.45) is 0 Å². The van der Waals surface area contributed by atoms with Gasteiger partial charge in [0, 0.05) is 29.1 Å². The molecular weight excluding hydrogens is 394 g/mol. The zero-order valence-corrected chi connectivity index (χ0v) is 17.3. The van der Waals surface area contributed by atoms with Crippen molar-refractivity contribution >= 4 is 29.0 Å². The van der Waals surface area contributed by atoms with Gasteiger partial charge in [0.05, 0.1) is 37.9 Å². The van der Waals surface area contributed by atoms with Crippen LogP contribution in [-0.2, 0) is 24.2 Å². The van der Waals surface area contributed by atoms with Crippen molar-refractivity contribution in [1.29, 1.82) is 0 Å². The fourth-order valence-electron chi connectivity index (χ4n) is 3.27. The maximum atomic E-state index is 12.5. The molecule has 2 aromatic rings. The molecule has 1 aromatic heterocycles. The average molecular weight is 418 g/mol. The van der Waals surface area contributed by atoms with E-state index in [1.807, 2.05) is 14.1 Å². The predicted octanol–water partition coefficient (Wildman–Crippen LogP) is 0.515. The number of thioether (sulfide) groups is 1. The predicted molar refractivity (Wildman–Crippen MR) is 111 cm³/mol. The standard InChI is InChI=1S/C19H23N5O4S/c1-22(2)10-11-23-16-5-3-4-15(16)18(21-19(23)26)29-12-17(25)20-13-6-8-14(9-7-13)24(27)28/h6-9H,3-5,10-12H2,1-2H3,(H,20,25)/p+1. The Bertz CT molecular complexity index is 972. The summed E-state index contributed by atoms with van der Waals surface area (Å²) < 4.78 is 1.77.